The molecule has 1 saturated heterocycles. The van der Waals surface area contributed by atoms with Gasteiger partial charge in [-0.3, -0.25) is 14.4 Å². The Morgan fingerprint density at radius 1 is 1.50 bits per heavy atom. The lowest BCUT2D eigenvalue weighted by molar-refractivity contribution is -0.148. The number of aromatic amines is 1. The summed E-state index contributed by atoms with van der Waals surface area (Å²) < 4.78 is 5.14. The highest BCUT2D eigenvalue weighted by atomic mass is 16.5. The van der Waals surface area contributed by atoms with Crippen molar-refractivity contribution in [3.63, 3.8) is 0 Å². The van der Waals surface area contributed by atoms with E-state index in [0.29, 0.717) is 5.69 Å². The highest BCUT2D eigenvalue weighted by Crippen LogP contribution is 2.28. The number of ether oxygens (including phenoxy) is 1. The van der Waals surface area contributed by atoms with Crippen molar-refractivity contribution >= 4 is 11.9 Å². The average Bonchev–Trinajstić information content (AvgIpc) is 2.72. The third kappa shape index (κ3) is 2.44. The van der Waals surface area contributed by atoms with Crippen LogP contribution in [0.1, 0.15) is 23.0 Å². The number of nitrogens with one attached hydrogen (secondary N) is 2. The summed E-state index contributed by atoms with van der Waals surface area (Å²) in [7, 11) is 0. The summed E-state index contributed by atoms with van der Waals surface area (Å²) in [6.45, 7) is 3.35. The number of hydrogen-bond donors (Lipinski definition) is 3. The molecule has 7 heteroatoms. The van der Waals surface area contributed by atoms with Crippen molar-refractivity contribution < 1.29 is 19.4 Å². The SMILES string of the molecule is Cc1ccc(C(=O)NC2COCC2(C)C(=O)O)c(=O)[nH]1. The first kappa shape index (κ1) is 14.3. The largest absolute Gasteiger partial charge is 0.481 e. The zero-order chi connectivity index (χ0) is 14.9. The van der Waals surface area contributed by atoms with Crippen molar-refractivity contribution in [3.05, 3.63) is 33.7 Å². The number of aliphatic carboxylic acids is 1. The molecule has 20 heavy (non-hydrogen) atoms. The second-order valence-corrected chi connectivity index (χ2v) is 5.15. The van der Waals surface area contributed by atoms with Gasteiger partial charge in [-0.15, -0.1) is 0 Å². The standard InChI is InChI=1S/C13H16N2O5/c1-7-3-4-8(10(16)14-7)11(17)15-9-5-20-6-13(9,2)12(18)19/h3-4,9H,5-6H2,1-2H3,(H,14,16)(H,15,17)(H,18,19). The smallest absolute Gasteiger partial charge is 0.313 e. The maximum Gasteiger partial charge on any atom is 0.313 e. The molecule has 0 bridgehead atoms. The molecule has 1 amide bonds. The number of carbonyl (C=O) groups excluding carboxylic acids is 1. The lowest BCUT2D eigenvalue weighted by Gasteiger charge is -2.25. The molecule has 2 atom stereocenters. The van der Waals surface area contributed by atoms with Crippen LogP contribution in [0.4, 0.5) is 0 Å². The zero-order valence-electron chi connectivity index (χ0n) is 11.2. The molecule has 0 saturated carbocycles. The quantitative estimate of drug-likeness (QED) is 0.716. The van der Waals surface area contributed by atoms with Gasteiger partial charge in [0.05, 0.1) is 19.3 Å². The van der Waals surface area contributed by atoms with Crippen LogP contribution >= 0.6 is 0 Å². The highest BCUT2D eigenvalue weighted by molar-refractivity contribution is 5.94. The van der Waals surface area contributed by atoms with Crippen molar-refractivity contribution in [3.8, 4) is 0 Å². The highest BCUT2D eigenvalue weighted by Gasteiger charge is 2.47. The summed E-state index contributed by atoms with van der Waals surface area (Å²) in [5.41, 5.74) is -1.09. The van der Waals surface area contributed by atoms with E-state index in [-0.39, 0.29) is 18.8 Å². The van der Waals surface area contributed by atoms with E-state index in [1.54, 1.807) is 13.0 Å². The van der Waals surface area contributed by atoms with Crippen LogP contribution in [-0.2, 0) is 9.53 Å². The minimum Gasteiger partial charge on any atom is -0.481 e. The van der Waals surface area contributed by atoms with Gasteiger partial charge in [-0.05, 0) is 26.0 Å². The number of H-pyrrole nitrogens is 1. The van der Waals surface area contributed by atoms with Gasteiger partial charge in [0.15, 0.2) is 0 Å². The summed E-state index contributed by atoms with van der Waals surface area (Å²) in [4.78, 5) is 37.5. The van der Waals surface area contributed by atoms with Crippen LogP contribution in [0.3, 0.4) is 0 Å². The first-order valence-corrected chi connectivity index (χ1v) is 6.16. The third-order valence-corrected chi connectivity index (χ3v) is 3.55. The Bertz CT molecular complexity index is 609. The summed E-state index contributed by atoms with van der Waals surface area (Å²) in [5, 5.41) is 11.8. The minimum atomic E-state index is -1.19. The van der Waals surface area contributed by atoms with Gasteiger partial charge < -0.3 is 20.1 Å². The van der Waals surface area contributed by atoms with Gasteiger partial charge in [-0.1, -0.05) is 0 Å². The fourth-order valence-electron chi connectivity index (χ4n) is 2.07. The van der Waals surface area contributed by atoms with Crippen LogP contribution in [-0.4, -0.2) is 41.2 Å². The molecule has 0 aliphatic carbocycles. The van der Waals surface area contributed by atoms with Gasteiger partial charge >= 0.3 is 5.97 Å². The van der Waals surface area contributed by atoms with Crippen molar-refractivity contribution in [2.24, 2.45) is 5.41 Å². The minimum absolute atomic E-state index is 0.0253. The summed E-state index contributed by atoms with van der Waals surface area (Å²) in [6.07, 6.45) is 0. The maximum atomic E-state index is 12.1. The van der Waals surface area contributed by atoms with Crippen molar-refractivity contribution in [1.29, 1.82) is 0 Å². The molecular formula is C13H16N2O5. The molecule has 7 nitrogen and oxygen atoms in total. The van der Waals surface area contributed by atoms with E-state index in [2.05, 4.69) is 10.3 Å². The molecule has 2 unspecified atom stereocenters. The third-order valence-electron chi connectivity index (χ3n) is 3.55. The molecule has 1 aliphatic rings. The monoisotopic (exact) mass is 280 g/mol. The molecule has 0 spiro atoms. The Morgan fingerprint density at radius 3 is 2.80 bits per heavy atom. The Labute approximate surface area is 115 Å². The molecule has 1 aromatic rings. The fourth-order valence-corrected chi connectivity index (χ4v) is 2.07. The number of aromatic nitrogens is 1. The number of rotatable bonds is 3. The summed E-state index contributed by atoms with van der Waals surface area (Å²) >= 11 is 0. The number of aryl methyl sites for hydroxylation is 1. The Kier molecular flexibility index (Phi) is 3.63. The first-order valence-electron chi connectivity index (χ1n) is 6.16. The molecule has 2 rings (SSSR count). The van der Waals surface area contributed by atoms with Gasteiger partial charge in [-0.2, -0.15) is 0 Å². The van der Waals surface area contributed by atoms with Crippen molar-refractivity contribution in [1.82, 2.24) is 10.3 Å². The van der Waals surface area contributed by atoms with Gasteiger partial charge in [0.25, 0.3) is 11.5 Å². The molecule has 1 aromatic heterocycles. The Hall–Kier alpha value is -2.15. The maximum absolute atomic E-state index is 12.1. The van der Waals surface area contributed by atoms with Crippen molar-refractivity contribution in [2.45, 2.75) is 19.9 Å². The summed E-state index contributed by atoms with van der Waals surface area (Å²) in [6, 6.07) is 2.35. The van der Waals surface area contributed by atoms with Crippen LogP contribution in [0.15, 0.2) is 16.9 Å². The van der Waals surface area contributed by atoms with Gasteiger partial charge in [-0.25, -0.2) is 0 Å². The van der Waals surface area contributed by atoms with Gasteiger partial charge in [0.1, 0.15) is 11.0 Å². The molecule has 3 N–H and O–H groups in total. The number of carboxylic acid groups (broad SMARTS) is 1. The first-order chi connectivity index (χ1) is 9.34. The molecule has 0 aromatic carbocycles. The van der Waals surface area contributed by atoms with Crippen LogP contribution in [0.5, 0.6) is 0 Å². The molecule has 2 heterocycles. The topological polar surface area (TPSA) is 108 Å². The fraction of sp³-hybridized carbons (Fsp3) is 0.462. The Balaban J connectivity index is 2.20. The zero-order valence-corrected chi connectivity index (χ0v) is 11.2. The number of carbonyl (C=O) groups is 2. The lowest BCUT2D eigenvalue weighted by atomic mass is 9.85. The van der Waals surface area contributed by atoms with Crippen LogP contribution in [0, 0.1) is 12.3 Å². The van der Waals surface area contributed by atoms with Crippen LogP contribution in [0.2, 0.25) is 0 Å². The van der Waals surface area contributed by atoms with E-state index in [4.69, 9.17) is 4.74 Å². The second-order valence-electron chi connectivity index (χ2n) is 5.15. The van der Waals surface area contributed by atoms with Crippen LogP contribution in [0.25, 0.3) is 0 Å². The normalized spacial score (nSPS) is 25.4. The van der Waals surface area contributed by atoms with E-state index < -0.39 is 28.9 Å². The van der Waals surface area contributed by atoms with E-state index in [9.17, 15) is 19.5 Å². The molecule has 108 valence electrons. The van der Waals surface area contributed by atoms with Gasteiger partial charge in [0.2, 0.25) is 0 Å². The van der Waals surface area contributed by atoms with Gasteiger partial charge in [0, 0.05) is 5.69 Å². The Morgan fingerprint density at radius 2 is 2.20 bits per heavy atom. The van der Waals surface area contributed by atoms with Crippen molar-refractivity contribution in [2.75, 3.05) is 13.2 Å². The average molecular weight is 280 g/mol. The molecular weight excluding hydrogens is 264 g/mol. The van der Waals surface area contributed by atoms with E-state index >= 15 is 0 Å². The lowest BCUT2D eigenvalue weighted by Crippen LogP contribution is -2.50. The van der Waals surface area contributed by atoms with E-state index in [1.165, 1.54) is 13.0 Å². The summed E-state index contributed by atoms with van der Waals surface area (Å²) in [5.74, 6) is -1.65. The molecule has 1 fully saturated rings. The predicted molar refractivity (Wildman–Crippen MR) is 69.6 cm³/mol. The predicted octanol–water partition coefficient (Wildman–Crippen LogP) is -0.0972. The number of carboxylic acids is 1. The number of pyridine rings is 1. The van der Waals surface area contributed by atoms with E-state index in [1.807, 2.05) is 0 Å². The molecule has 0 radical (unpaired) electrons. The number of hydrogen-bond acceptors (Lipinski definition) is 4. The van der Waals surface area contributed by atoms with E-state index in [0.717, 1.165) is 0 Å². The van der Waals surface area contributed by atoms with Crippen LogP contribution < -0.4 is 10.9 Å². The molecule has 1 aliphatic heterocycles. The number of amides is 1. The second kappa shape index (κ2) is 5.09.